The number of ether oxygens (including phenoxy) is 1. The highest BCUT2D eigenvalue weighted by Gasteiger charge is 2.13. The second-order valence-corrected chi connectivity index (χ2v) is 6.42. The van der Waals surface area contributed by atoms with Crippen molar-refractivity contribution < 1.29 is 9.53 Å². The van der Waals surface area contributed by atoms with Crippen molar-refractivity contribution in [3.63, 3.8) is 0 Å². The van der Waals surface area contributed by atoms with E-state index in [1.807, 2.05) is 6.07 Å². The molecule has 1 aromatic heterocycles. The summed E-state index contributed by atoms with van der Waals surface area (Å²) >= 11 is 6.08. The minimum absolute atomic E-state index is 0.143. The van der Waals surface area contributed by atoms with Crippen LogP contribution in [0.15, 0.2) is 30.6 Å². The van der Waals surface area contributed by atoms with Crippen molar-refractivity contribution in [2.75, 3.05) is 30.4 Å². The molecule has 1 saturated heterocycles. The minimum Gasteiger partial charge on any atom is -0.495 e. The lowest BCUT2D eigenvalue weighted by molar-refractivity contribution is -0.115. The van der Waals surface area contributed by atoms with Crippen LogP contribution in [0.4, 0.5) is 11.6 Å². The number of hydrogen-bond acceptors (Lipinski definition) is 5. The highest BCUT2D eigenvalue weighted by atomic mass is 35.5. The van der Waals surface area contributed by atoms with Crippen LogP contribution in [-0.4, -0.2) is 36.1 Å². The molecule has 132 valence electrons. The average molecular weight is 361 g/mol. The number of aromatic nitrogens is 2. The Balaban J connectivity index is 1.58. The Labute approximate surface area is 152 Å². The van der Waals surface area contributed by atoms with Crippen molar-refractivity contribution in [1.82, 2.24) is 9.97 Å². The largest absolute Gasteiger partial charge is 0.495 e. The third-order valence-corrected chi connectivity index (χ3v) is 4.44. The highest BCUT2D eigenvalue weighted by molar-refractivity contribution is 6.32. The summed E-state index contributed by atoms with van der Waals surface area (Å²) in [5, 5.41) is 3.30. The van der Waals surface area contributed by atoms with Crippen LogP contribution in [0.25, 0.3) is 0 Å². The SMILES string of the molecule is COc1ccc(CC(=O)Nc2cnc(N3CCCCC3)nc2)cc1Cl. The van der Waals surface area contributed by atoms with E-state index in [2.05, 4.69) is 20.2 Å². The van der Waals surface area contributed by atoms with Crippen molar-refractivity contribution in [3.05, 3.63) is 41.2 Å². The summed E-state index contributed by atoms with van der Waals surface area (Å²) in [7, 11) is 1.56. The fourth-order valence-electron chi connectivity index (χ4n) is 2.85. The molecule has 1 N–H and O–H groups in total. The van der Waals surface area contributed by atoms with Crippen molar-refractivity contribution >= 4 is 29.1 Å². The van der Waals surface area contributed by atoms with Crippen LogP contribution in [0, 0.1) is 0 Å². The summed E-state index contributed by atoms with van der Waals surface area (Å²) in [5.74, 6) is 1.17. The number of nitrogens with one attached hydrogen (secondary N) is 1. The number of carbonyl (C=O) groups excluding carboxylic acids is 1. The van der Waals surface area contributed by atoms with Gasteiger partial charge in [-0.1, -0.05) is 17.7 Å². The molecule has 0 aliphatic carbocycles. The molecule has 2 aromatic rings. The van der Waals surface area contributed by atoms with Gasteiger partial charge in [0, 0.05) is 13.1 Å². The maximum Gasteiger partial charge on any atom is 0.228 e. The molecule has 0 atom stereocenters. The van der Waals surface area contributed by atoms with E-state index < -0.39 is 0 Å². The van der Waals surface area contributed by atoms with Gasteiger partial charge in [0.25, 0.3) is 0 Å². The van der Waals surface area contributed by atoms with E-state index in [0.29, 0.717) is 16.5 Å². The number of amides is 1. The zero-order valence-electron chi connectivity index (χ0n) is 14.2. The van der Waals surface area contributed by atoms with Crippen LogP contribution < -0.4 is 15.0 Å². The first kappa shape index (κ1) is 17.5. The van der Waals surface area contributed by atoms with Crippen LogP contribution in [0.3, 0.4) is 0 Å². The third-order valence-electron chi connectivity index (χ3n) is 4.14. The van der Waals surface area contributed by atoms with Crippen LogP contribution in [0.1, 0.15) is 24.8 Å². The second kappa shape index (κ2) is 8.16. The summed E-state index contributed by atoms with van der Waals surface area (Å²) < 4.78 is 5.11. The summed E-state index contributed by atoms with van der Waals surface area (Å²) in [6.07, 6.45) is 7.13. The number of carbonyl (C=O) groups is 1. The zero-order chi connectivity index (χ0) is 17.6. The number of piperidine rings is 1. The van der Waals surface area contributed by atoms with E-state index in [1.54, 1.807) is 31.6 Å². The molecule has 1 aromatic carbocycles. The normalized spacial score (nSPS) is 14.2. The zero-order valence-corrected chi connectivity index (χ0v) is 14.9. The number of methoxy groups -OCH3 is 1. The predicted octanol–water partition coefficient (Wildman–Crippen LogP) is 3.31. The van der Waals surface area contributed by atoms with Gasteiger partial charge in [0.05, 0.1) is 36.6 Å². The molecular formula is C18H21ClN4O2. The van der Waals surface area contributed by atoms with Crippen LogP contribution >= 0.6 is 11.6 Å². The molecule has 0 unspecified atom stereocenters. The van der Waals surface area contributed by atoms with Gasteiger partial charge in [-0.15, -0.1) is 0 Å². The molecular weight excluding hydrogens is 340 g/mol. The Morgan fingerprint density at radius 3 is 2.60 bits per heavy atom. The summed E-state index contributed by atoms with van der Waals surface area (Å²) in [6.45, 7) is 1.98. The average Bonchev–Trinajstić information content (AvgIpc) is 2.63. The van der Waals surface area contributed by atoms with Crippen molar-refractivity contribution in [1.29, 1.82) is 0 Å². The van der Waals surface area contributed by atoms with Gasteiger partial charge in [-0.05, 0) is 37.0 Å². The lowest BCUT2D eigenvalue weighted by Gasteiger charge is -2.26. The van der Waals surface area contributed by atoms with Gasteiger partial charge in [0.1, 0.15) is 5.75 Å². The van der Waals surface area contributed by atoms with E-state index in [0.717, 1.165) is 24.6 Å². The number of anilines is 2. The number of halogens is 1. The standard InChI is InChI=1S/C18H21ClN4O2/c1-25-16-6-5-13(9-15(16)19)10-17(24)22-14-11-20-18(21-12-14)23-7-3-2-4-8-23/h5-6,9,11-12H,2-4,7-8,10H2,1H3,(H,22,24). The number of benzene rings is 1. The van der Waals surface area contributed by atoms with Gasteiger partial charge >= 0.3 is 0 Å². The third kappa shape index (κ3) is 4.60. The number of rotatable bonds is 5. The molecule has 1 aliphatic heterocycles. The molecule has 7 heteroatoms. The van der Waals surface area contributed by atoms with Gasteiger partial charge in [0.2, 0.25) is 11.9 Å². The lowest BCUT2D eigenvalue weighted by Crippen LogP contribution is -2.30. The summed E-state index contributed by atoms with van der Waals surface area (Å²) in [5.41, 5.74) is 1.40. The summed E-state index contributed by atoms with van der Waals surface area (Å²) in [6, 6.07) is 5.30. The predicted molar refractivity (Wildman–Crippen MR) is 98.4 cm³/mol. The fraction of sp³-hybridized carbons (Fsp3) is 0.389. The molecule has 2 heterocycles. The maximum atomic E-state index is 12.2. The molecule has 0 radical (unpaired) electrons. The Morgan fingerprint density at radius 1 is 1.24 bits per heavy atom. The van der Waals surface area contributed by atoms with Gasteiger partial charge in [-0.2, -0.15) is 0 Å². The van der Waals surface area contributed by atoms with E-state index in [-0.39, 0.29) is 12.3 Å². The Morgan fingerprint density at radius 2 is 1.96 bits per heavy atom. The molecule has 0 bridgehead atoms. The molecule has 1 fully saturated rings. The number of nitrogens with zero attached hydrogens (tertiary/aromatic N) is 3. The maximum absolute atomic E-state index is 12.2. The van der Waals surface area contributed by atoms with E-state index >= 15 is 0 Å². The quantitative estimate of drug-likeness (QED) is 0.886. The van der Waals surface area contributed by atoms with Gasteiger partial charge in [-0.25, -0.2) is 9.97 Å². The Bertz CT molecular complexity index is 730. The monoisotopic (exact) mass is 360 g/mol. The van der Waals surface area contributed by atoms with E-state index in [9.17, 15) is 4.79 Å². The van der Waals surface area contributed by atoms with Gasteiger partial charge in [-0.3, -0.25) is 4.79 Å². The Kier molecular flexibility index (Phi) is 5.71. The minimum atomic E-state index is -0.143. The molecule has 0 saturated carbocycles. The van der Waals surface area contributed by atoms with Crippen LogP contribution in [0.2, 0.25) is 5.02 Å². The van der Waals surface area contributed by atoms with E-state index in [4.69, 9.17) is 16.3 Å². The molecule has 25 heavy (non-hydrogen) atoms. The van der Waals surface area contributed by atoms with E-state index in [1.165, 1.54) is 19.3 Å². The van der Waals surface area contributed by atoms with Crippen molar-refractivity contribution in [3.8, 4) is 5.75 Å². The van der Waals surface area contributed by atoms with Crippen molar-refractivity contribution in [2.45, 2.75) is 25.7 Å². The molecule has 6 nitrogen and oxygen atoms in total. The lowest BCUT2D eigenvalue weighted by atomic mass is 10.1. The molecule has 3 rings (SSSR count). The topological polar surface area (TPSA) is 67.3 Å². The van der Waals surface area contributed by atoms with Gasteiger partial charge in [0.15, 0.2) is 0 Å². The fourth-order valence-corrected chi connectivity index (χ4v) is 3.13. The van der Waals surface area contributed by atoms with Crippen LogP contribution in [0.5, 0.6) is 5.75 Å². The molecule has 0 spiro atoms. The van der Waals surface area contributed by atoms with Crippen molar-refractivity contribution in [2.24, 2.45) is 0 Å². The smallest absolute Gasteiger partial charge is 0.228 e. The first-order chi connectivity index (χ1) is 12.2. The molecule has 1 aliphatic rings. The number of hydrogen-bond donors (Lipinski definition) is 1. The Hall–Kier alpha value is -2.34. The van der Waals surface area contributed by atoms with Gasteiger partial charge < -0.3 is 15.0 Å². The summed E-state index contributed by atoms with van der Waals surface area (Å²) in [4.78, 5) is 23.1. The first-order valence-electron chi connectivity index (χ1n) is 8.35. The first-order valence-corrected chi connectivity index (χ1v) is 8.73. The molecule has 1 amide bonds. The second-order valence-electron chi connectivity index (χ2n) is 6.01. The highest BCUT2D eigenvalue weighted by Crippen LogP contribution is 2.25. The van der Waals surface area contributed by atoms with Crippen LogP contribution in [-0.2, 0) is 11.2 Å².